The minimum absolute atomic E-state index is 0.0529. The van der Waals surface area contributed by atoms with Crippen LogP contribution in [0.15, 0.2) is 60.8 Å². The molecule has 3 N–H and O–H groups in total. The largest absolute Gasteiger partial charge is 0.472 e. The number of phosphoric acid groups is 1. The summed E-state index contributed by atoms with van der Waals surface area (Å²) in [7, 11) is 1.55. The maximum absolute atomic E-state index is 13.0. The van der Waals surface area contributed by atoms with Crippen molar-refractivity contribution < 1.29 is 32.9 Å². The van der Waals surface area contributed by atoms with Crippen molar-refractivity contribution in [3.63, 3.8) is 0 Å². The Hall–Kier alpha value is -1.80. The molecule has 0 fully saturated rings. The zero-order valence-electron chi connectivity index (χ0n) is 54.5. The molecule has 3 unspecified atom stereocenters. The van der Waals surface area contributed by atoms with Crippen molar-refractivity contribution in [2.45, 2.75) is 353 Å². The summed E-state index contributed by atoms with van der Waals surface area (Å²) in [5, 5.41) is 14.0. The SMILES string of the molecule is CCCCCCC/C=C\C/C=C\CCCCCCCCCCCCCCCCCC(=O)NC(COP(=O)(O)OCC[N+](C)(C)C)C(O)/C=C/CC/C=C/CC/C=C/CCCCCCCCCCCCCCCCCCCCCCCC. The van der Waals surface area contributed by atoms with Gasteiger partial charge in [-0.15, -0.1) is 0 Å². The van der Waals surface area contributed by atoms with E-state index in [-0.39, 0.29) is 19.1 Å². The van der Waals surface area contributed by atoms with E-state index in [9.17, 15) is 19.4 Å². The van der Waals surface area contributed by atoms with Crippen LogP contribution < -0.4 is 5.32 Å². The third-order valence-corrected chi connectivity index (χ3v) is 16.9. The maximum Gasteiger partial charge on any atom is 0.472 e. The van der Waals surface area contributed by atoms with Gasteiger partial charge in [-0.2, -0.15) is 0 Å². The first kappa shape index (κ1) is 79.2. The minimum Gasteiger partial charge on any atom is -0.387 e. The lowest BCUT2D eigenvalue weighted by Crippen LogP contribution is -2.45. The Morgan fingerprint density at radius 3 is 1.06 bits per heavy atom. The molecular weight excluding hydrogens is 1020 g/mol. The normalized spacial score (nSPS) is 14.0. The number of unbranched alkanes of at least 4 members (excludes halogenated alkanes) is 44. The van der Waals surface area contributed by atoms with E-state index in [2.05, 4.69) is 67.8 Å². The summed E-state index contributed by atoms with van der Waals surface area (Å²) in [6.45, 7) is 4.82. The Morgan fingerprint density at radius 1 is 0.420 bits per heavy atom. The fourth-order valence-electron chi connectivity index (χ4n) is 10.5. The predicted octanol–water partition coefficient (Wildman–Crippen LogP) is 22.4. The first-order valence-electron chi connectivity index (χ1n) is 35.2. The number of allylic oxidation sites excluding steroid dienone is 9. The molecule has 0 aliphatic rings. The number of aliphatic hydroxyl groups excluding tert-OH is 1. The monoisotopic (exact) mass is 1160 g/mol. The van der Waals surface area contributed by atoms with Gasteiger partial charge < -0.3 is 19.8 Å². The molecule has 0 heterocycles. The van der Waals surface area contributed by atoms with Crippen molar-refractivity contribution in [3.8, 4) is 0 Å². The van der Waals surface area contributed by atoms with E-state index in [1.165, 1.54) is 270 Å². The van der Waals surface area contributed by atoms with Gasteiger partial charge in [0, 0.05) is 6.42 Å². The molecule has 0 aromatic rings. The Balaban J connectivity index is 4.13. The molecule has 0 aromatic heterocycles. The second-order valence-electron chi connectivity index (χ2n) is 25.2. The Kier molecular flexibility index (Phi) is 61.3. The number of carbonyl (C=O) groups excluding carboxylic acids is 1. The molecule has 0 radical (unpaired) electrons. The van der Waals surface area contributed by atoms with E-state index >= 15 is 0 Å². The molecule has 0 aliphatic heterocycles. The summed E-state index contributed by atoms with van der Waals surface area (Å²) < 4.78 is 23.8. The average Bonchev–Trinajstić information content (AvgIpc) is 3.43. The number of hydrogen-bond donors (Lipinski definition) is 3. The minimum atomic E-state index is -4.37. The molecule has 0 aromatic carbocycles. The van der Waals surface area contributed by atoms with E-state index < -0.39 is 20.0 Å². The highest BCUT2D eigenvalue weighted by Gasteiger charge is 2.28. The standard InChI is InChI=1S/C72H137N2O6P/c1-6-8-10-12-14-16-18-20-22-24-26-28-30-32-34-35-36-37-38-40-41-43-45-47-49-51-53-55-57-59-61-63-65-71(75)70(69-80-81(77,78)79-68-67-74(3,4)5)73-72(76)66-64-62-60-58-56-54-52-50-48-46-44-42-39-33-31-29-27-25-23-21-19-17-15-13-11-9-7-2/h19,21,25,27,47,49,55,57,63,65,70-71,75H,6-18,20,22-24,26,28-46,48,50-54,56,58-62,64,66-69H2,1-5H3,(H-,73,76,77,78)/p+1/b21-19-,27-25-,49-47+,57-55+,65-63+. The van der Waals surface area contributed by atoms with Gasteiger partial charge in [-0.3, -0.25) is 13.8 Å². The van der Waals surface area contributed by atoms with Crippen LogP contribution in [-0.4, -0.2) is 73.4 Å². The summed E-state index contributed by atoms with van der Waals surface area (Å²) in [5.41, 5.74) is 0. The first-order chi connectivity index (χ1) is 39.5. The molecular formula is C72H138N2O6P+. The van der Waals surface area contributed by atoms with E-state index in [4.69, 9.17) is 9.05 Å². The molecule has 0 saturated carbocycles. The predicted molar refractivity (Wildman–Crippen MR) is 355 cm³/mol. The van der Waals surface area contributed by atoms with Gasteiger partial charge in [0.1, 0.15) is 13.2 Å². The lowest BCUT2D eigenvalue weighted by Gasteiger charge is -2.25. The van der Waals surface area contributed by atoms with Crippen LogP contribution in [0.1, 0.15) is 341 Å². The lowest BCUT2D eigenvalue weighted by molar-refractivity contribution is -0.870. The highest BCUT2D eigenvalue weighted by atomic mass is 31.2. The quantitative estimate of drug-likeness (QED) is 0.0243. The van der Waals surface area contributed by atoms with Crippen molar-refractivity contribution in [1.29, 1.82) is 0 Å². The van der Waals surface area contributed by atoms with Crippen LogP contribution in [0.25, 0.3) is 0 Å². The second kappa shape index (κ2) is 62.7. The molecule has 0 spiro atoms. The zero-order chi connectivity index (χ0) is 59.1. The molecule has 476 valence electrons. The third kappa shape index (κ3) is 65.6. The van der Waals surface area contributed by atoms with E-state index in [0.29, 0.717) is 17.4 Å². The second-order valence-corrected chi connectivity index (χ2v) is 26.7. The number of nitrogens with zero attached hydrogens (tertiary/aromatic N) is 1. The van der Waals surface area contributed by atoms with Gasteiger partial charge in [-0.1, -0.05) is 319 Å². The van der Waals surface area contributed by atoms with Crippen LogP contribution >= 0.6 is 7.82 Å². The number of rotatable bonds is 65. The molecule has 3 atom stereocenters. The molecule has 1 amide bonds. The van der Waals surface area contributed by atoms with Crippen molar-refractivity contribution in [3.05, 3.63) is 60.8 Å². The van der Waals surface area contributed by atoms with Crippen molar-refractivity contribution >= 4 is 13.7 Å². The van der Waals surface area contributed by atoms with Gasteiger partial charge in [0.2, 0.25) is 5.91 Å². The molecule has 9 heteroatoms. The number of carbonyl (C=O) groups is 1. The van der Waals surface area contributed by atoms with Gasteiger partial charge >= 0.3 is 7.82 Å². The Bertz CT molecular complexity index is 1500. The number of likely N-dealkylation sites (N-methyl/N-ethyl adjacent to an activating group) is 1. The highest BCUT2D eigenvalue weighted by molar-refractivity contribution is 7.47. The fraction of sp³-hybridized carbons (Fsp3) is 0.847. The van der Waals surface area contributed by atoms with Crippen molar-refractivity contribution in [2.75, 3.05) is 40.9 Å². The van der Waals surface area contributed by atoms with Crippen LogP contribution in [0.4, 0.5) is 0 Å². The number of aliphatic hydroxyl groups is 1. The summed E-state index contributed by atoms with van der Waals surface area (Å²) in [6.07, 6.45) is 86.6. The van der Waals surface area contributed by atoms with E-state index in [0.717, 1.165) is 51.4 Å². The number of amides is 1. The summed E-state index contributed by atoms with van der Waals surface area (Å²) >= 11 is 0. The molecule has 81 heavy (non-hydrogen) atoms. The topological polar surface area (TPSA) is 105 Å². The number of hydrogen-bond acceptors (Lipinski definition) is 5. The summed E-state index contributed by atoms with van der Waals surface area (Å²) in [6, 6.07) is -0.873. The zero-order valence-corrected chi connectivity index (χ0v) is 55.4. The van der Waals surface area contributed by atoms with Crippen LogP contribution in [0.2, 0.25) is 0 Å². The molecule has 8 nitrogen and oxygen atoms in total. The lowest BCUT2D eigenvalue weighted by atomic mass is 10.0. The van der Waals surface area contributed by atoms with Crippen molar-refractivity contribution in [1.82, 2.24) is 5.32 Å². The van der Waals surface area contributed by atoms with Crippen LogP contribution in [0.5, 0.6) is 0 Å². The Labute approximate surface area is 504 Å². The van der Waals surface area contributed by atoms with Gasteiger partial charge in [-0.05, 0) is 77.0 Å². The molecule has 0 bridgehead atoms. The van der Waals surface area contributed by atoms with Crippen LogP contribution in [0.3, 0.4) is 0 Å². The molecule has 0 rings (SSSR count). The Morgan fingerprint density at radius 2 is 0.716 bits per heavy atom. The van der Waals surface area contributed by atoms with Gasteiger partial charge in [-0.25, -0.2) is 4.57 Å². The number of nitrogens with one attached hydrogen (secondary N) is 1. The molecule has 0 saturated heterocycles. The van der Waals surface area contributed by atoms with Crippen molar-refractivity contribution in [2.24, 2.45) is 0 Å². The average molecular weight is 1160 g/mol. The smallest absolute Gasteiger partial charge is 0.387 e. The van der Waals surface area contributed by atoms with Crippen LogP contribution in [0, 0.1) is 0 Å². The van der Waals surface area contributed by atoms with Gasteiger partial charge in [0.15, 0.2) is 0 Å². The maximum atomic E-state index is 13.0. The summed E-state index contributed by atoms with van der Waals surface area (Å²) in [4.78, 5) is 23.4. The first-order valence-corrected chi connectivity index (χ1v) is 36.7. The fourth-order valence-corrected chi connectivity index (χ4v) is 11.2. The van der Waals surface area contributed by atoms with E-state index in [1.54, 1.807) is 6.08 Å². The van der Waals surface area contributed by atoms with Gasteiger partial charge in [0.25, 0.3) is 0 Å². The third-order valence-electron chi connectivity index (χ3n) is 15.9. The van der Waals surface area contributed by atoms with Crippen LogP contribution in [-0.2, 0) is 18.4 Å². The number of phosphoric ester groups is 1. The number of quaternary nitrogens is 1. The highest BCUT2D eigenvalue weighted by Crippen LogP contribution is 2.43. The van der Waals surface area contributed by atoms with E-state index in [1.807, 2.05) is 27.2 Å². The summed E-state index contributed by atoms with van der Waals surface area (Å²) in [5.74, 6) is -0.188. The molecule has 0 aliphatic carbocycles. The van der Waals surface area contributed by atoms with Gasteiger partial charge in [0.05, 0.1) is 39.9 Å².